The van der Waals surface area contributed by atoms with Crippen LogP contribution in [0.2, 0.25) is 5.02 Å². The summed E-state index contributed by atoms with van der Waals surface area (Å²) in [5.41, 5.74) is 0. The zero-order valence-corrected chi connectivity index (χ0v) is 12.8. The first-order valence-corrected chi connectivity index (χ1v) is 7.31. The summed E-state index contributed by atoms with van der Waals surface area (Å²) >= 11 is 6.01. The molecule has 0 aliphatic rings. The maximum atomic E-state index is 6.01. The van der Waals surface area contributed by atoms with Crippen LogP contribution < -0.4 is 10.1 Å². The van der Waals surface area contributed by atoms with Crippen molar-refractivity contribution >= 4 is 17.4 Å². The molecule has 5 heteroatoms. The first kappa shape index (κ1) is 16.0. The largest absolute Gasteiger partial charge is 0.467 e. The van der Waals surface area contributed by atoms with Crippen molar-refractivity contribution in [1.82, 2.24) is 9.97 Å². The van der Waals surface area contributed by atoms with Gasteiger partial charge in [0.2, 0.25) is 0 Å². The third-order valence-electron chi connectivity index (χ3n) is 2.91. The Hall–Kier alpha value is -1.03. The molecule has 1 N–H and O–H groups in total. The van der Waals surface area contributed by atoms with Gasteiger partial charge in [-0.2, -0.15) is 4.98 Å². The predicted octanol–water partition coefficient (Wildman–Crippen LogP) is 4.16. The molecule has 19 heavy (non-hydrogen) atoms. The van der Waals surface area contributed by atoms with Crippen LogP contribution in [0.1, 0.15) is 46.0 Å². The molecule has 0 amide bonds. The Labute approximate surface area is 120 Å². The lowest BCUT2D eigenvalue weighted by Crippen LogP contribution is -2.05. The fourth-order valence-corrected chi connectivity index (χ4v) is 1.97. The molecule has 108 valence electrons. The van der Waals surface area contributed by atoms with E-state index in [9.17, 15) is 0 Å². The van der Waals surface area contributed by atoms with Gasteiger partial charge < -0.3 is 10.1 Å². The van der Waals surface area contributed by atoms with E-state index in [1.54, 1.807) is 13.3 Å². The average molecular weight is 286 g/mol. The van der Waals surface area contributed by atoms with Crippen molar-refractivity contribution in [3.8, 4) is 6.01 Å². The molecule has 4 nitrogen and oxygen atoms in total. The predicted molar refractivity (Wildman–Crippen MR) is 80.0 cm³/mol. The molecule has 0 aliphatic heterocycles. The fourth-order valence-electron chi connectivity index (χ4n) is 1.81. The van der Waals surface area contributed by atoms with E-state index in [4.69, 9.17) is 16.3 Å². The standard InChI is InChI=1S/C14H24ClN3O/c1-11(2)8-6-4-5-7-9-16-13-12(15)10-17-14(18-13)19-3/h10-11H,4-9H2,1-3H3,(H,16,17,18). The molecule has 0 radical (unpaired) electrons. The number of rotatable bonds is 9. The molecular formula is C14H24ClN3O. The van der Waals surface area contributed by atoms with Crippen molar-refractivity contribution in [1.29, 1.82) is 0 Å². The molecule has 0 bridgehead atoms. The minimum Gasteiger partial charge on any atom is -0.467 e. The Morgan fingerprint density at radius 1 is 1.26 bits per heavy atom. The number of hydrogen-bond acceptors (Lipinski definition) is 4. The number of methoxy groups -OCH3 is 1. The summed E-state index contributed by atoms with van der Waals surface area (Å²) in [5.74, 6) is 1.46. The second-order valence-corrected chi connectivity index (χ2v) is 5.48. The molecule has 0 aliphatic carbocycles. The number of ether oxygens (including phenoxy) is 1. The molecule has 1 aromatic heterocycles. The van der Waals surface area contributed by atoms with E-state index in [2.05, 4.69) is 29.1 Å². The summed E-state index contributed by atoms with van der Waals surface area (Å²) in [7, 11) is 1.54. The summed E-state index contributed by atoms with van der Waals surface area (Å²) in [6, 6.07) is 0.337. The SMILES string of the molecule is COc1ncc(Cl)c(NCCCCCCC(C)C)n1. The van der Waals surface area contributed by atoms with E-state index in [-0.39, 0.29) is 0 Å². The van der Waals surface area contributed by atoms with Gasteiger partial charge in [0.15, 0.2) is 5.82 Å². The molecule has 0 saturated carbocycles. The number of unbranched alkanes of at least 4 members (excludes halogenated alkanes) is 3. The zero-order chi connectivity index (χ0) is 14.1. The van der Waals surface area contributed by atoms with Gasteiger partial charge in [-0.25, -0.2) is 4.98 Å². The summed E-state index contributed by atoms with van der Waals surface area (Å²) in [6.07, 6.45) is 7.85. The molecule has 0 atom stereocenters. The first-order chi connectivity index (χ1) is 9.13. The van der Waals surface area contributed by atoms with Crippen LogP contribution in [0.3, 0.4) is 0 Å². The Kier molecular flexibility index (Phi) is 7.56. The highest BCUT2D eigenvalue weighted by Crippen LogP contribution is 2.20. The molecule has 0 spiro atoms. The summed E-state index contributed by atoms with van der Waals surface area (Å²) < 4.78 is 4.97. The normalized spacial score (nSPS) is 10.8. The molecule has 0 fully saturated rings. The number of halogens is 1. The minimum absolute atomic E-state index is 0.337. The molecule has 1 rings (SSSR count). The van der Waals surface area contributed by atoms with Crippen molar-refractivity contribution in [3.63, 3.8) is 0 Å². The molecule has 0 unspecified atom stereocenters. The monoisotopic (exact) mass is 285 g/mol. The van der Waals surface area contributed by atoms with Crippen molar-refractivity contribution in [2.45, 2.75) is 46.0 Å². The van der Waals surface area contributed by atoms with Crippen LogP contribution in [0.4, 0.5) is 5.82 Å². The third kappa shape index (κ3) is 6.62. The van der Waals surface area contributed by atoms with Gasteiger partial charge in [-0.15, -0.1) is 0 Å². The summed E-state index contributed by atoms with van der Waals surface area (Å²) in [6.45, 7) is 5.42. The second-order valence-electron chi connectivity index (χ2n) is 5.08. The van der Waals surface area contributed by atoms with Gasteiger partial charge in [-0.05, 0) is 12.3 Å². The molecule has 1 aromatic rings. The van der Waals surface area contributed by atoms with Crippen LogP contribution >= 0.6 is 11.6 Å². The maximum Gasteiger partial charge on any atom is 0.318 e. The lowest BCUT2D eigenvalue weighted by atomic mass is 10.0. The number of nitrogens with zero attached hydrogens (tertiary/aromatic N) is 2. The van der Waals surface area contributed by atoms with E-state index in [1.807, 2.05) is 0 Å². The van der Waals surface area contributed by atoms with Gasteiger partial charge in [0.25, 0.3) is 0 Å². The van der Waals surface area contributed by atoms with Crippen LogP contribution in [-0.2, 0) is 0 Å². The Bertz CT molecular complexity index is 372. The first-order valence-electron chi connectivity index (χ1n) is 6.94. The third-order valence-corrected chi connectivity index (χ3v) is 3.18. The van der Waals surface area contributed by atoms with Gasteiger partial charge in [0.1, 0.15) is 5.02 Å². The van der Waals surface area contributed by atoms with Gasteiger partial charge in [0.05, 0.1) is 13.3 Å². The van der Waals surface area contributed by atoms with Crippen molar-refractivity contribution in [2.75, 3.05) is 19.0 Å². The Balaban J connectivity index is 2.18. The van der Waals surface area contributed by atoms with Gasteiger partial charge >= 0.3 is 6.01 Å². The van der Waals surface area contributed by atoms with E-state index >= 15 is 0 Å². The number of aromatic nitrogens is 2. The maximum absolute atomic E-state index is 6.01. The Morgan fingerprint density at radius 3 is 2.68 bits per heavy atom. The fraction of sp³-hybridized carbons (Fsp3) is 0.714. The quantitative estimate of drug-likeness (QED) is 0.692. The highest BCUT2D eigenvalue weighted by atomic mass is 35.5. The van der Waals surface area contributed by atoms with E-state index < -0.39 is 0 Å². The van der Waals surface area contributed by atoms with Gasteiger partial charge in [-0.3, -0.25) is 0 Å². The summed E-state index contributed by atoms with van der Waals surface area (Å²) in [5, 5.41) is 3.75. The smallest absolute Gasteiger partial charge is 0.318 e. The topological polar surface area (TPSA) is 47.0 Å². The van der Waals surface area contributed by atoms with E-state index in [0.717, 1.165) is 18.9 Å². The number of anilines is 1. The molecular weight excluding hydrogens is 262 g/mol. The number of hydrogen-bond donors (Lipinski definition) is 1. The minimum atomic E-state index is 0.337. The van der Waals surface area contributed by atoms with Gasteiger partial charge in [0, 0.05) is 6.54 Å². The van der Waals surface area contributed by atoms with Crippen molar-refractivity contribution < 1.29 is 4.74 Å². The highest BCUT2D eigenvalue weighted by Gasteiger charge is 2.04. The summed E-state index contributed by atoms with van der Waals surface area (Å²) in [4.78, 5) is 8.11. The average Bonchev–Trinajstić information content (AvgIpc) is 2.39. The van der Waals surface area contributed by atoms with Crippen LogP contribution in [-0.4, -0.2) is 23.6 Å². The molecule has 1 heterocycles. The lowest BCUT2D eigenvalue weighted by molar-refractivity contribution is 0.380. The highest BCUT2D eigenvalue weighted by molar-refractivity contribution is 6.32. The zero-order valence-electron chi connectivity index (χ0n) is 12.1. The van der Waals surface area contributed by atoms with Crippen LogP contribution in [0.15, 0.2) is 6.20 Å². The van der Waals surface area contributed by atoms with E-state index in [1.165, 1.54) is 25.7 Å². The second kappa shape index (κ2) is 8.97. The van der Waals surface area contributed by atoms with E-state index in [0.29, 0.717) is 16.9 Å². The molecule has 0 saturated heterocycles. The van der Waals surface area contributed by atoms with Crippen LogP contribution in [0, 0.1) is 5.92 Å². The lowest BCUT2D eigenvalue weighted by Gasteiger charge is -2.08. The number of nitrogens with one attached hydrogen (secondary N) is 1. The van der Waals surface area contributed by atoms with Gasteiger partial charge in [-0.1, -0.05) is 51.1 Å². The van der Waals surface area contributed by atoms with Crippen molar-refractivity contribution in [2.24, 2.45) is 5.92 Å². The van der Waals surface area contributed by atoms with Crippen LogP contribution in [0.5, 0.6) is 6.01 Å². The molecule has 0 aromatic carbocycles. The van der Waals surface area contributed by atoms with Crippen molar-refractivity contribution in [3.05, 3.63) is 11.2 Å². The Morgan fingerprint density at radius 2 is 2.00 bits per heavy atom. The van der Waals surface area contributed by atoms with Crippen LogP contribution in [0.25, 0.3) is 0 Å².